The Labute approximate surface area is 85.1 Å². The van der Waals surface area contributed by atoms with Crippen molar-refractivity contribution in [2.45, 2.75) is 51.1 Å². The molecule has 2 rings (SSSR count). The molecule has 2 heterocycles. The second-order valence-corrected chi connectivity index (χ2v) is 4.65. The van der Waals surface area contributed by atoms with Gasteiger partial charge in [0.05, 0.1) is 0 Å². The average Bonchev–Trinajstić information content (AvgIpc) is 2.36. The van der Waals surface area contributed by atoms with Gasteiger partial charge in [0, 0.05) is 18.5 Å². The van der Waals surface area contributed by atoms with Gasteiger partial charge >= 0.3 is 5.97 Å². The molecule has 80 valence electrons. The number of aliphatic carboxylic acids is 1. The second-order valence-electron chi connectivity index (χ2n) is 4.65. The van der Waals surface area contributed by atoms with Crippen LogP contribution in [0.2, 0.25) is 0 Å². The van der Waals surface area contributed by atoms with Gasteiger partial charge < -0.3 is 5.11 Å². The summed E-state index contributed by atoms with van der Waals surface area (Å²) in [4.78, 5) is 13.2. The molecule has 2 unspecified atom stereocenters. The standard InChI is InChI=1S/C11H19NO2/c1-2-12-9-3-4-10(12)6-8(5-9)7-11(13)14/h8-10H,2-7H2,1H3,(H,13,14). The van der Waals surface area contributed by atoms with Gasteiger partial charge in [-0.05, 0) is 38.1 Å². The molecular weight excluding hydrogens is 178 g/mol. The predicted octanol–water partition coefficient (Wildman–Crippen LogP) is 1.72. The first-order chi connectivity index (χ1) is 6.70. The van der Waals surface area contributed by atoms with Crippen molar-refractivity contribution in [3.63, 3.8) is 0 Å². The quantitative estimate of drug-likeness (QED) is 0.749. The molecule has 0 aliphatic carbocycles. The van der Waals surface area contributed by atoms with Crippen molar-refractivity contribution in [3.05, 3.63) is 0 Å². The van der Waals surface area contributed by atoms with Gasteiger partial charge in [-0.1, -0.05) is 6.92 Å². The van der Waals surface area contributed by atoms with Crippen LogP contribution < -0.4 is 0 Å². The summed E-state index contributed by atoms with van der Waals surface area (Å²) >= 11 is 0. The largest absolute Gasteiger partial charge is 0.481 e. The maximum Gasteiger partial charge on any atom is 0.303 e. The van der Waals surface area contributed by atoms with Crippen LogP contribution in [0.5, 0.6) is 0 Å². The minimum Gasteiger partial charge on any atom is -0.481 e. The molecule has 3 heteroatoms. The van der Waals surface area contributed by atoms with E-state index in [1.807, 2.05) is 0 Å². The van der Waals surface area contributed by atoms with Gasteiger partial charge in [0.25, 0.3) is 0 Å². The van der Waals surface area contributed by atoms with Gasteiger partial charge in [-0.15, -0.1) is 0 Å². The molecule has 0 aromatic rings. The normalized spacial score (nSPS) is 37.4. The van der Waals surface area contributed by atoms with E-state index in [0.29, 0.717) is 24.4 Å². The van der Waals surface area contributed by atoms with E-state index in [-0.39, 0.29) is 0 Å². The molecule has 2 aliphatic heterocycles. The van der Waals surface area contributed by atoms with Crippen LogP contribution >= 0.6 is 0 Å². The van der Waals surface area contributed by atoms with Gasteiger partial charge in [-0.25, -0.2) is 0 Å². The Kier molecular flexibility index (Phi) is 2.77. The molecule has 0 aromatic heterocycles. The van der Waals surface area contributed by atoms with Gasteiger partial charge in [-0.3, -0.25) is 9.69 Å². The van der Waals surface area contributed by atoms with Crippen LogP contribution in [0.1, 0.15) is 39.0 Å². The molecular formula is C11H19NO2. The third kappa shape index (κ3) is 1.78. The van der Waals surface area contributed by atoms with Crippen molar-refractivity contribution >= 4 is 5.97 Å². The Balaban J connectivity index is 1.95. The average molecular weight is 197 g/mol. The molecule has 2 fully saturated rings. The number of hydrogen-bond acceptors (Lipinski definition) is 2. The highest BCUT2D eigenvalue weighted by Gasteiger charge is 2.39. The number of fused-ring (bicyclic) bond motifs is 2. The summed E-state index contributed by atoms with van der Waals surface area (Å²) in [5, 5.41) is 8.77. The van der Waals surface area contributed by atoms with E-state index in [4.69, 9.17) is 5.11 Å². The van der Waals surface area contributed by atoms with Crippen LogP contribution in [0.25, 0.3) is 0 Å². The summed E-state index contributed by atoms with van der Waals surface area (Å²) < 4.78 is 0. The highest BCUT2D eigenvalue weighted by molar-refractivity contribution is 5.67. The lowest BCUT2D eigenvalue weighted by atomic mass is 9.88. The van der Waals surface area contributed by atoms with E-state index >= 15 is 0 Å². The zero-order valence-electron chi connectivity index (χ0n) is 8.78. The van der Waals surface area contributed by atoms with E-state index in [1.165, 1.54) is 12.8 Å². The number of rotatable bonds is 3. The summed E-state index contributed by atoms with van der Waals surface area (Å²) in [6.07, 6.45) is 5.17. The van der Waals surface area contributed by atoms with Gasteiger partial charge in [0.15, 0.2) is 0 Å². The summed E-state index contributed by atoms with van der Waals surface area (Å²) in [6.45, 7) is 3.35. The molecule has 2 atom stereocenters. The van der Waals surface area contributed by atoms with Crippen molar-refractivity contribution in [1.82, 2.24) is 4.90 Å². The maximum atomic E-state index is 10.6. The Morgan fingerprint density at radius 2 is 1.93 bits per heavy atom. The first-order valence-corrected chi connectivity index (χ1v) is 5.68. The zero-order chi connectivity index (χ0) is 10.1. The lowest BCUT2D eigenvalue weighted by molar-refractivity contribution is -0.138. The Hall–Kier alpha value is -0.570. The van der Waals surface area contributed by atoms with E-state index in [1.54, 1.807) is 0 Å². The molecule has 0 aromatic carbocycles. The van der Waals surface area contributed by atoms with Crippen molar-refractivity contribution in [3.8, 4) is 0 Å². The molecule has 0 saturated carbocycles. The fourth-order valence-corrected chi connectivity index (χ4v) is 3.32. The Morgan fingerprint density at radius 3 is 2.36 bits per heavy atom. The predicted molar refractivity (Wildman–Crippen MR) is 54.2 cm³/mol. The second kappa shape index (κ2) is 3.89. The molecule has 3 nitrogen and oxygen atoms in total. The molecule has 0 radical (unpaired) electrons. The molecule has 0 spiro atoms. The van der Waals surface area contributed by atoms with Crippen LogP contribution in [0.4, 0.5) is 0 Å². The first kappa shape index (κ1) is 9.97. The number of carboxylic acid groups (broad SMARTS) is 1. The molecule has 2 saturated heterocycles. The lowest BCUT2D eigenvalue weighted by Crippen LogP contribution is -2.42. The lowest BCUT2D eigenvalue weighted by Gasteiger charge is -2.37. The highest BCUT2D eigenvalue weighted by atomic mass is 16.4. The SMILES string of the molecule is CCN1C2CCC1CC(CC(=O)O)C2. The minimum atomic E-state index is -0.626. The van der Waals surface area contributed by atoms with Crippen LogP contribution in [-0.4, -0.2) is 34.6 Å². The van der Waals surface area contributed by atoms with Crippen LogP contribution in [0.15, 0.2) is 0 Å². The van der Waals surface area contributed by atoms with Crippen LogP contribution in [0.3, 0.4) is 0 Å². The molecule has 1 N–H and O–H groups in total. The summed E-state index contributed by atoms with van der Waals surface area (Å²) in [5.41, 5.74) is 0. The molecule has 2 bridgehead atoms. The fourth-order valence-electron chi connectivity index (χ4n) is 3.32. The van der Waals surface area contributed by atoms with E-state index in [2.05, 4.69) is 11.8 Å². The zero-order valence-corrected chi connectivity index (χ0v) is 8.78. The number of hydrogen-bond donors (Lipinski definition) is 1. The van der Waals surface area contributed by atoms with Crippen molar-refractivity contribution in [2.75, 3.05) is 6.54 Å². The number of nitrogens with zero attached hydrogens (tertiary/aromatic N) is 1. The molecule has 0 amide bonds. The summed E-state index contributed by atoms with van der Waals surface area (Å²) in [7, 11) is 0. The Bertz CT molecular complexity index is 215. The van der Waals surface area contributed by atoms with Gasteiger partial charge in [0.1, 0.15) is 0 Å². The fraction of sp³-hybridized carbons (Fsp3) is 0.909. The first-order valence-electron chi connectivity index (χ1n) is 5.68. The van der Waals surface area contributed by atoms with Gasteiger partial charge in [0.2, 0.25) is 0 Å². The van der Waals surface area contributed by atoms with E-state index < -0.39 is 5.97 Å². The van der Waals surface area contributed by atoms with Gasteiger partial charge in [-0.2, -0.15) is 0 Å². The summed E-state index contributed by atoms with van der Waals surface area (Å²) in [5.74, 6) is -0.188. The third-order valence-electron chi connectivity index (χ3n) is 3.81. The van der Waals surface area contributed by atoms with E-state index in [0.717, 1.165) is 19.4 Å². The molecule has 2 aliphatic rings. The number of piperidine rings is 1. The van der Waals surface area contributed by atoms with Crippen molar-refractivity contribution < 1.29 is 9.90 Å². The number of carboxylic acids is 1. The topological polar surface area (TPSA) is 40.5 Å². The molecule has 14 heavy (non-hydrogen) atoms. The Morgan fingerprint density at radius 1 is 1.36 bits per heavy atom. The summed E-state index contributed by atoms with van der Waals surface area (Å²) in [6, 6.07) is 1.37. The monoisotopic (exact) mass is 197 g/mol. The smallest absolute Gasteiger partial charge is 0.303 e. The van der Waals surface area contributed by atoms with Crippen molar-refractivity contribution in [2.24, 2.45) is 5.92 Å². The maximum absolute atomic E-state index is 10.6. The highest BCUT2D eigenvalue weighted by Crippen LogP contribution is 2.39. The van der Waals surface area contributed by atoms with Crippen molar-refractivity contribution in [1.29, 1.82) is 0 Å². The van der Waals surface area contributed by atoms with Crippen LogP contribution in [-0.2, 0) is 4.79 Å². The van der Waals surface area contributed by atoms with Crippen LogP contribution in [0, 0.1) is 5.92 Å². The third-order valence-corrected chi connectivity index (χ3v) is 3.81. The van der Waals surface area contributed by atoms with E-state index in [9.17, 15) is 4.79 Å². The minimum absolute atomic E-state index is 0.380. The number of carbonyl (C=O) groups is 1.